The van der Waals surface area contributed by atoms with Crippen molar-refractivity contribution in [2.45, 2.75) is 18.2 Å². The number of hydrogen-bond acceptors (Lipinski definition) is 2. The van der Waals surface area contributed by atoms with Crippen LogP contribution in [0.5, 0.6) is 0 Å². The van der Waals surface area contributed by atoms with E-state index in [1.807, 2.05) is 0 Å². The lowest BCUT2D eigenvalue weighted by Gasteiger charge is -2.26. The van der Waals surface area contributed by atoms with Crippen LogP contribution in [0, 0.1) is 0 Å². The molecular formula is C9H7F6NO. The molecule has 1 aromatic carbocycles. The molecule has 2 N–H and O–H groups in total. The highest BCUT2D eigenvalue weighted by atomic mass is 19.4. The summed E-state index contributed by atoms with van der Waals surface area (Å²) < 4.78 is 74.4. The molecule has 2 atom stereocenters. The summed E-state index contributed by atoms with van der Waals surface area (Å²) in [6.07, 6.45) is -9.20. The van der Waals surface area contributed by atoms with E-state index in [0.29, 0.717) is 0 Å². The molecule has 0 aliphatic carbocycles. The summed E-state index contributed by atoms with van der Waals surface area (Å²) in [6.45, 7) is 0. The Morgan fingerprint density at radius 2 is 1.53 bits per heavy atom. The number of rotatable bonds is 3. The van der Waals surface area contributed by atoms with Crippen molar-refractivity contribution in [3.63, 3.8) is 0 Å². The first-order valence-corrected chi connectivity index (χ1v) is 4.27. The molecule has 17 heavy (non-hydrogen) atoms. The third kappa shape index (κ3) is 2.46. The van der Waals surface area contributed by atoms with Crippen LogP contribution in [0.25, 0.3) is 0 Å². The van der Waals surface area contributed by atoms with Crippen LogP contribution < -0.4 is 5.73 Å². The topological polar surface area (TPSA) is 35.2 Å². The zero-order valence-electron chi connectivity index (χ0n) is 8.14. The maximum absolute atomic E-state index is 13.3. The smallest absolute Gasteiger partial charge is 0.399 e. The lowest BCUT2D eigenvalue weighted by atomic mass is 10.0. The van der Waals surface area contributed by atoms with Crippen LogP contribution in [0.4, 0.5) is 32.2 Å². The molecule has 1 aromatic rings. The number of nitrogen functional groups attached to an aromatic ring is 1. The van der Waals surface area contributed by atoms with Crippen LogP contribution in [0.2, 0.25) is 0 Å². The van der Waals surface area contributed by atoms with E-state index in [-0.39, 0.29) is 5.69 Å². The third-order valence-electron chi connectivity index (χ3n) is 2.05. The minimum Gasteiger partial charge on any atom is -0.399 e. The van der Waals surface area contributed by atoms with Crippen LogP contribution in [0.15, 0.2) is 24.3 Å². The SMILES string of the molecule is Nc1ccc(C(F)C(F)(OF)C(F)(F)F)cc1. The first-order valence-electron chi connectivity index (χ1n) is 4.27. The number of nitrogens with two attached hydrogens (primary N) is 1. The van der Waals surface area contributed by atoms with Gasteiger partial charge in [-0.15, -0.1) is 4.94 Å². The van der Waals surface area contributed by atoms with E-state index in [2.05, 4.69) is 4.94 Å². The van der Waals surface area contributed by atoms with Gasteiger partial charge >= 0.3 is 12.0 Å². The summed E-state index contributed by atoms with van der Waals surface area (Å²) in [4.78, 5) is 2.15. The van der Waals surface area contributed by atoms with Gasteiger partial charge in [-0.25, -0.2) is 4.39 Å². The normalized spacial score (nSPS) is 17.5. The molecule has 2 nitrogen and oxygen atoms in total. The number of halogens is 6. The van der Waals surface area contributed by atoms with Gasteiger partial charge in [-0.3, -0.25) is 0 Å². The molecule has 0 fully saturated rings. The molecule has 2 unspecified atom stereocenters. The molecular weight excluding hydrogens is 252 g/mol. The highest BCUT2D eigenvalue weighted by Gasteiger charge is 2.65. The van der Waals surface area contributed by atoms with Crippen molar-refractivity contribution in [2.75, 3.05) is 5.73 Å². The van der Waals surface area contributed by atoms with Crippen LogP contribution in [-0.4, -0.2) is 12.0 Å². The molecule has 0 aliphatic rings. The lowest BCUT2D eigenvalue weighted by molar-refractivity contribution is -0.420. The molecule has 0 saturated carbocycles. The van der Waals surface area contributed by atoms with E-state index in [1.165, 1.54) is 0 Å². The van der Waals surface area contributed by atoms with Gasteiger partial charge in [0.15, 0.2) is 6.17 Å². The van der Waals surface area contributed by atoms with Crippen molar-refractivity contribution in [1.82, 2.24) is 0 Å². The van der Waals surface area contributed by atoms with E-state index in [4.69, 9.17) is 5.73 Å². The molecule has 0 aromatic heterocycles. The molecule has 1 rings (SSSR count). The molecule has 0 spiro atoms. The lowest BCUT2D eigenvalue weighted by Crippen LogP contribution is -2.45. The van der Waals surface area contributed by atoms with Crippen molar-refractivity contribution in [3.8, 4) is 0 Å². The Bertz CT molecular complexity index is 378. The fourth-order valence-corrected chi connectivity index (χ4v) is 1.11. The van der Waals surface area contributed by atoms with E-state index in [9.17, 15) is 26.5 Å². The Kier molecular flexibility index (Phi) is 3.56. The minimum atomic E-state index is -5.84. The second kappa shape index (κ2) is 4.44. The highest BCUT2D eigenvalue weighted by molar-refractivity contribution is 5.40. The van der Waals surface area contributed by atoms with Gasteiger partial charge < -0.3 is 5.73 Å². The Balaban J connectivity index is 3.09. The summed E-state index contributed by atoms with van der Waals surface area (Å²) in [6, 6.07) is 3.71. The van der Waals surface area contributed by atoms with Crippen molar-refractivity contribution >= 4 is 5.69 Å². The van der Waals surface area contributed by atoms with Gasteiger partial charge in [0, 0.05) is 5.69 Å². The van der Waals surface area contributed by atoms with Gasteiger partial charge in [0.1, 0.15) is 0 Å². The quantitative estimate of drug-likeness (QED) is 0.666. The Hall–Kier alpha value is -1.44. The Morgan fingerprint density at radius 1 is 1.06 bits per heavy atom. The largest absolute Gasteiger partial charge is 0.455 e. The first kappa shape index (κ1) is 13.6. The zero-order chi connectivity index (χ0) is 13.3. The summed E-state index contributed by atoms with van der Waals surface area (Å²) in [5.41, 5.74) is 4.61. The molecule has 8 heteroatoms. The van der Waals surface area contributed by atoms with Crippen molar-refractivity contribution in [2.24, 2.45) is 0 Å². The van der Waals surface area contributed by atoms with E-state index in [0.717, 1.165) is 24.3 Å². The predicted molar refractivity (Wildman–Crippen MR) is 46.8 cm³/mol. The molecule has 0 bridgehead atoms. The van der Waals surface area contributed by atoms with Gasteiger partial charge in [0.05, 0.1) is 0 Å². The molecule has 0 aliphatic heterocycles. The van der Waals surface area contributed by atoms with Gasteiger partial charge in [-0.1, -0.05) is 12.1 Å². The monoisotopic (exact) mass is 259 g/mol. The predicted octanol–water partition coefficient (Wildman–Crippen LogP) is 3.41. The summed E-state index contributed by atoms with van der Waals surface area (Å²) in [5.74, 6) is -5.04. The van der Waals surface area contributed by atoms with Crippen molar-refractivity contribution in [1.29, 1.82) is 0 Å². The number of hydrogen-bond donors (Lipinski definition) is 1. The van der Waals surface area contributed by atoms with Crippen molar-refractivity contribution < 1.29 is 31.4 Å². The molecule has 96 valence electrons. The Morgan fingerprint density at radius 3 is 1.88 bits per heavy atom. The maximum atomic E-state index is 13.3. The average molecular weight is 259 g/mol. The van der Waals surface area contributed by atoms with Gasteiger partial charge in [0.2, 0.25) is 0 Å². The maximum Gasteiger partial charge on any atom is 0.455 e. The molecule has 0 saturated heterocycles. The standard InChI is InChI=1S/C9H7F6NO/c10-7(5-1-3-6(16)4-2-5)8(11,17-15)9(12,13)14/h1-4,7H,16H2. The second-order valence-corrected chi connectivity index (χ2v) is 3.25. The first-order chi connectivity index (χ1) is 7.72. The van der Waals surface area contributed by atoms with Gasteiger partial charge in [-0.05, 0) is 22.2 Å². The van der Waals surface area contributed by atoms with Crippen molar-refractivity contribution in [3.05, 3.63) is 29.8 Å². The average Bonchev–Trinajstić information content (AvgIpc) is 2.26. The zero-order valence-corrected chi connectivity index (χ0v) is 8.14. The number of anilines is 1. The minimum absolute atomic E-state index is 0.138. The summed E-state index contributed by atoms with van der Waals surface area (Å²) >= 11 is 0. The van der Waals surface area contributed by atoms with Gasteiger partial charge in [-0.2, -0.15) is 17.6 Å². The van der Waals surface area contributed by atoms with E-state index < -0.39 is 23.8 Å². The van der Waals surface area contributed by atoms with Crippen LogP contribution in [0.1, 0.15) is 11.7 Å². The number of benzene rings is 1. The van der Waals surface area contributed by atoms with E-state index >= 15 is 0 Å². The molecule has 0 radical (unpaired) electrons. The number of alkyl halides is 5. The van der Waals surface area contributed by atoms with Crippen LogP contribution in [-0.2, 0) is 4.94 Å². The molecule has 0 amide bonds. The highest BCUT2D eigenvalue weighted by Crippen LogP contribution is 2.46. The third-order valence-corrected chi connectivity index (χ3v) is 2.05. The summed E-state index contributed by atoms with van der Waals surface area (Å²) in [7, 11) is 0. The summed E-state index contributed by atoms with van der Waals surface area (Å²) in [5, 5.41) is 0. The van der Waals surface area contributed by atoms with E-state index in [1.54, 1.807) is 0 Å². The molecule has 0 heterocycles. The second-order valence-electron chi connectivity index (χ2n) is 3.25. The van der Waals surface area contributed by atoms with Crippen LogP contribution in [0.3, 0.4) is 0 Å². The Labute approximate surface area is 91.9 Å². The van der Waals surface area contributed by atoms with Gasteiger partial charge in [0.25, 0.3) is 0 Å². The fourth-order valence-electron chi connectivity index (χ4n) is 1.11. The van der Waals surface area contributed by atoms with Crippen LogP contribution >= 0.6 is 0 Å². The fraction of sp³-hybridized carbons (Fsp3) is 0.333.